The summed E-state index contributed by atoms with van der Waals surface area (Å²) in [6.07, 6.45) is 4.66. The molecular weight excluding hydrogens is 206 g/mol. The lowest BCUT2D eigenvalue weighted by Gasteiger charge is -2.05. The van der Waals surface area contributed by atoms with Crippen LogP contribution < -0.4 is 5.73 Å². The summed E-state index contributed by atoms with van der Waals surface area (Å²) < 4.78 is 2.16. The maximum absolute atomic E-state index is 5.55. The number of rotatable bonds is 4. The average molecular weight is 221 g/mol. The first-order valence-electron chi connectivity index (χ1n) is 5.04. The second kappa shape index (κ2) is 4.59. The molecule has 0 saturated heterocycles. The van der Waals surface area contributed by atoms with Gasteiger partial charge in [0.25, 0.3) is 0 Å². The summed E-state index contributed by atoms with van der Waals surface area (Å²) >= 11 is 1.83. The Balaban J connectivity index is 2.13. The van der Waals surface area contributed by atoms with Gasteiger partial charge in [0.05, 0.1) is 12.9 Å². The molecule has 0 aliphatic rings. The van der Waals surface area contributed by atoms with Crippen molar-refractivity contribution in [3.63, 3.8) is 0 Å². The normalized spacial score (nSPS) is 10.8. The van der Waals surface area contributed by atoms with E-state index < -0.39 is 0 Å². The fraction of sp³-hybridized carbons (Fsp3) is 0.364. The molecule has 0 aliphatic carbocycles. The number of hydrogen-bond acceptors (Lipinski definition) is 3. The van der Waals surface area contributed by atoms with Gasteiger partial charge in [-0.1, -0.05) is 0 Å². The van der Waals surface area contributed by atoms with Crippen molar-refractivity contribution in [3.05, 3.63) is 40.1 Å². The van der Waals surface area contributed by atoms with Gasteiger partial charge in [0.15, 0.2) is 0 Å². The molecule has 0 bridgehead atoms. The Morgan fingerprint density at radius 3 is 3.00 bits per heavy atom. The number of aryl methyl sites for hydroxylation is 1. The van der Waals surface area contributed by atoms with Gasteiger partial charge >= 0.3 is 0 Å². The van der Waals surface area contributed by atoms with Crippen LogP contribution in [0.2, 0.25) is 0 Å². The van der Waals surface area contributed by atoms with E-state index in [9.17, 15) is 0 Å². The third kappa shape index (κ3) is 2.46. The average Bonchev–Trinajstić information content (AvgIpc) is 2.78. The monoisotopic (exact) mass is 221 g/mol. The Labute approximate surface area is 93.6 Å². The lowest BCUT2D eigenvalue weighted by atomic mass is 10.3. The molecule has 0 fully saturated rings. The number of aromatic nitrogens is 2. The van der Waals surface area contributed by atoms with Gasteiger partial charge in [-0.15, -0.1) is 11.3 Å². The molecule has 80 valence electrons. The molecule has 0 radical (unpaired) electrons. The lowest BCUT2D eigenvalue weighted by molar-refractivity contribution is 0.741. The zero-order valence-electron chi connectivity index (χ0n) is 8.81. The van der Waals surface area contributed by atoms with Gasteiger partial charge in [0, 0.05) is 28.1 Å². The highest BCUT2D eigenvalue weighted by Crippen LogP contribution is 2.17. The molecule has 2 aromatic heterocycles. The highest BCUT2D eigenvalue weighted by Gasteiger charge is 2.03. The minimum Gasteiger partial charge on any atom is -0.330 e. The standard InChI is InChI=1S/C11H15N3S/c1-9-2-3-11(15-9)7-14-8-13-6-10(14)4-5-12/h2-3,6,8H,4-5,7,12H2,1H3. The largest absolute Gasteiger partial charge is 0.330 e. The van der Waals surface area contributed by atoms with E-state index in [4.69, 9.17) is 5.73 Å². The van der Waals surface area contributed by atoms with Crippen LogP contribution in [0.1, 0.15) is 15.4 Å². The van der Waals surface area contributed by atoms with Crippen LogP contribution in [0, 0.1) is 6.92 Å². The number of imidazole rings is 1. The number of nitrogens with two attached hydrogens (primary N) is 1. The second-order valence-electron chi connectivity index (χ2n) is 3.56. The zero-order valence-corrected chi connectivity index (χ0v) is 9.63. The van der Waals surface area contributed by atoms with Crippen LogP contribution in [0.25, 0.3) is 0 Å². The molecule has 2 heterocycles. The van der Waals surface area contributed by atoms with Crippen LogP contribution in [0.4, 0.5) is 0 Å². The summed E-state index contributed by atoms with van der Waals surface area (Å²) in [6.45, 7) is 3.71. The fourth-order valence-corrected chi connectivity index (χ4v) is 2.47. The molecule has 0 aromatic carbocycles. The van der Waals surface area contributed by atoms with E-state index in [1.165, 1.54) is 15.4 Å². The molecule has 2 rings (SSSR count). The Hall–Kier alpha value is -1.13. The summed E-state index contributed by atoms with van der Waals surface area (Å²) in [7, 11) is 0. The first kappa shape index (κ1) is 10.4. The van der Waals surface area contributed by atoms with Crippen LogP contribution in [-0.2, 0) is 13.0 Å². The summed E-state index contributed by atoms with van der Waals surface area (Å²) in [4.78, 5) is 6.87. The smallest absolute Gasteiger partial charge is 0.0951 e. The molecule has 0 unspecified atom stereocenters. The molecule has 3 nitrogen and oxygen atoms in total. The lowest BCUT2D eigenvalue weighted by Crippen LogP contribution is -2.08. The van der Waals surface area contributed by atoms with Crippen LogP contribution in [0.3, 0.4) is 0 Å². The van der Waals surface area contributed by atoms with Crippen molar-refractivity contribution < 1.29 is 0 Å². The topological polar surface area (TPSA) is 43.8 Å². The van der Waals surface area contributed by atoms with Crippen molar-refractivity contribution in [2.75, 3.05) is 6.54 Å². The van der Waals surface area contributed by atoms with E-state index in [1.54, 1.807) is 0 Å². The third-order valence-corrected chi connectivity index (χ3v) is 3.31. The minimum absolute atomic E-state index is 0.676. The predicted octanol–water partition coefficient (Wildman–Crippen LogP) is 1.80. The van der Waals surface area contributed by atoms with Crippen molar-refractivity contribution in [1.29, 1.82) is 0 Å². The zero-order chi connectivity index (χ0) is 10.7. The van der Waals surface area contributed by atoms with E-state index in [0.717, 1.165) is 13.0 Å². The second-order valence-corrected chi connectivity index (χ2v) is 4.94. The Bertz CT molecular complexity index is 430. The summed E-state index contributed by atoms with van der Waals surface area (Å²) in [5.74, 6) is 0. The van der Waals surface area contributed by atoms with E-state index in [-0.39, 0.29) is 0 Å². The maximum Gasteiger partial charge on any atom is 0.0951 e. The molecule has 0 aliphatic heterocycles. The van der Waals surface area contributed by atoms with E-state index in [1.807, 2.05) is 23.9 Å². The first-order chi connectivity index (χ1) is 7.29. The third-order valence-electron chi connectivity index (χ3n) is 2.32. The van der Waals surface area contributed by atoms with Crippen LogP contribution in [0.15, 0.2) is 24.7 Å². The SMILES string of the molecule is Cc1ccc(Cn2cncc2CCN)s1. The van der Waals surface area contributed by atoms with Crippen molar-refractivity contribution in [3.8, 4) is 0 Å². The van der Waals surface area contributed by atoms with Crippen molar-refractivity contribution >= 4 is 11.3 Å². The fourth-order valence-electron chi connectivity index (χ4n) is 1.58. The van der Waals surface area contributed by atoms with Crippen LogP contribution in [0.5, 0.6) is 0 Å². The van der Waals surface area contributed by atoms with Gasteiger partial charge in [-0.2, -0.15) is 0 Å². The molecule has 4 heteroatoms. The minimum atomic E-state index is 0.676. The number of nitrogens with zero attached hydrogens (tertiary/aromatic N) is 2. The van der Waals surface area contributed by atoms with Gasteiger partial charge in [-0.25, -0.2) is 4.98 Å². The molecule has 0 saturated carbocycles. The number of hydrogen-bond donors (Lipinski definition) is 1. The number of thiophene rings is 1. The van der Waals surface area contributed by atoms with Gasteiger partial charge < -0.3 is 10.3 Å². The molecule has 0 amide bonds. The summed E-state index contributed by atoms with van der Waals surface area (Å²) in [5, 5.41) is 0. The predicted molar refractivity (Wildman–Crippen MR) is 63.1 cm³/mol. The van der Waals surface area contributed by atoms with E-state index in [2.05, 4.69) is 28.6 Å². The Kier molecular flexibility index (Phi) is 3.18. The molecule has 2 N–H and O–H groups in total. The van der Waals surface area contributed by atoms with Crippen LogP contribution in [-0.4, -0.2) is 16.1 Å². The Morgan fingerprint density at radius 2 is 2.33 bits per heavy atom. The quantitative estimate of drug-likeness (QED) is 0.855. The van der Waals surface area contributed by atoms with Crippen molar-refractivity contribution in [1.82, 2.24) is 9.55 Å². The molecular formula is C11H15N3S. The van der Waals surface area contributed by atoms with Crippen molar-refractivity contribution in [2.24, 2.45) is 5.73 Å². The van der Waals surface area contributed by atoms with Crippen molar-refractivity contribution in [2.45, 2.75) is 19.9 Å². The summed E-state index contributed by atoms with van der Waals surface area (Å²) in [5.41, 5.74) is 6.76. The van der Waals surface area contributed by atoms with Gasteiger partial charge in [-0.05, 0) is 25.6 Å². The molecule has 2 aromatic rings. The van der Waals surface area contributed by atoms with Gasteiger partial charge in [0.2, 0.25) is 0 Å². The first-order valence-corrected chi connectivity index (χ1v) is 5.85. The maximum atomic E-state index is 5.55. The highest BCUT2D eigenvalue weighted by molar-refractivity contribution is 7.11. The van der Waals surface area contributed by atoms with Gasteiger partial charge in [0.1, 0.15) is 0 Å². The van der Waals surface area contributed by atoms with E-state index >= 15 is 0 Å². The summed E-state index contributed by atoms with van der Waals surface area (Å²) in [6, 6.07) is 4.33. The highest BCUT2D eigenvalue weighted by atomic mass is 32.1. The van der Waals surface area contributed by atoms with Crippen LogP contribution >= 0.6 is 11.3 Å². The van der Waals surface area contributed by atoms with E-state index in [0.29, 0.717) is 6.54 Å². The Morgan fingerprint density at radius 1 is 1.47 bits per heavy atom. The molecule has 0 atom stereocenters. The molecule has 15 heavy (non-hydrogen) atoms. The molecule has 0 spiro atoms. The van der Waals surface area contributed by atoms with Gasteiger partial charge in [-0.3, -0.25) is 0 Å².